The number of methoxy groups -OCH3 is 1. The van der Waals surface area contributed by atoms with E-state index in [0.29, 0.717) is 72.0 Å². The van der Waals surface area contributed by atoms with Crippen LogP contribution >= 0.6 is 0 Å². The van der Waals surface area contributed by atoms with Gasteiger partial charge in [-0.05, 0) is 56.7 Å². The lowest BCUT2D eigenvalue weighted by atomic mass is 9.92. The van der Waals surface area contributed by atoms with Crippen molar-refractivity contribution in [2.45, 2.75) is 52.9 Å². The van der Waals surface area contributed by atoms with Gasteiger partial charge in [-0.3, -0.25) is 15.0 Å². The Hall–Kier alpha value is -6.44. The van der Waals surface area contributed by atoms with Crippen LogP contribution in [0.3, 0.4) is 0 Å². The summed E-state index contributed by atoms with van der Waals surface area (Å²) in [4.78, 5) is 33.9. The first kappa shape index (κ1) is 41.7. The maximum atomic E-state index is 13.7. The molecule has 0 radical (unpaired) electrons. The Morgan fingerprint density at radius 2 is 1.65 bits per heavy atom. The quantitative estimate of drug-likeness (QED) is 0.104. The highest BCUT2D eigenvalue weighted by Gasteiger charge is 2.22. The van der Waals surface area contributed by atoms with E-state index in [0.717, 1.165) is 59.3 Å². The zero-order chi connectivity index (χ0) is 42.2. The average Bonchev–Trinajstić information content (AvgIpc) is 3.67. The Morgan fingerprint density at radius 3 is 2.40 bits per heavy atom. The summed E-state index contributed by atoms with van der Waals surface area (Å²) >= 11 is 0. The predicted molar refractivity (Wildman–Crippen MR) is 239 cm³/mol. The number of amidine groups is 1. The lowest BCUT2D eigenvalue weighted by Crippen LogP contribution is -2.41. The predicted octanol–water partition coefficient (Wildman–Crippen LogP) is 8.82. The molecule has 1 fully saturated rings. The van der Waals surface area contributed by atoms with Gasteiger partial charge < -0.3 is 30.2 Å². The minimum Gasteiger partial charge on any atom is -0.497 e. The molecule has 5 aromatic rings. The Bertz CT molecular complexity index is 2440. The molecule has 312 valence electrons. The largest absolute Gasteiger partial charge is 0.497 e. The highest BCUT2D eigenvalue weighted by atomic mass is 16.5. The number of aryl methyl sites for hydroxylation is 1. The lowest BCUT2D eigenvalue weighted by molar-refractivity contribution is 0.0383. The maximum Gasteiger partial charge on any atom is 0.324 e. The van der Waals surface area contributed by atoms with Crippen LogP contribution in [-0.4, -0.2) is 79.0 Å². The van der Waals surface area contributed by atoms with Gasteiger partial charge in [-0.15, -0.1) is 0 Å². The summed E-state index contributed by atoms with van der Waals surface area (Å²) in [6.07, 6.45) is 5.10. The van der Waals surface area contributed by atoms with Gasteiger partial charge in [0.1, 0.15) is 28.9 Å². The number of hydrogen-bond acceptors (Lipinski definition) is 9. The fourth-order valence-electron chi connectivity index (χ4n) is 6.90. The average molecular weight is 811 g/mol. The molecule has 0 bridgehead atoms. The second kappa shape index (κ2) is 18.6. The molecule has 13 nitrogen and oxygen atoms in total. The number of morpholine rings is 1. The number of fused-ring (bicyclic) bond motifs is 1. The second-order valence-electron chi connectivity index (χ2n) is 16.1. The summed E-state index contributed by atoms with van der Waals surface area (Å²) in [6, 6.07) is 26.4. The fraction of sp³-hybridized carbons (Fsp3) is 0.319. The molecule has 3 heterocycles. The molecule has 60 heavy (non-hydrogen) atoms. The second-order valence-corrected chi connectivity index (χ2v) is 16.1. The van der Waals surface area contributed by atoms with Crippen molar-refractivity contribution in [2.75, 3.05) is 62.5 Å². The van der Waals surface area contributed by atoms with Crippen LogP contribution in [0.1, 0.15) is 62.2 Å². The Balaban J connectivity index is 1.08. The minimum absolute atomic E-state index is 0.189. The molecule has 0 saturated carbocycles. The Morgan fingerprint density at radius 1 is 0.883 bits per heavy atom. The SMILES string of the molecule is COc1cc(NC2=NC=C(C)CCC(Oc3ccc(NC(=O)Nc4cc(C(C)(C)C)nn4-c4ccc(C)cc4)c4ccccc34)=C2)cc(C(=O)NCCN2CCOCC2)c1. The molecule has 1 saturated heterocycles. The van der Waals surface area contributed by atoms with Crippen LogP contribution in [0.4, 0.5) is 22.0 Å². The van der Waals surface area contributed by atoms with E-state index in [-0.39, 0.29) is 11.3 Å². The smallest absolute Gasteiger partial charge is 0.324 e. The summed E-state index contributed by atoms with van der Waals surface area (Å²) in [5, 5.41) is 19.0. The highest BCUT2D eigenvalue weighted by molar-refractivity contribution is 6.08. The van der Waals surface area contributed by atoms with Crippen LogP contribution in [0.25, 0.3) is 16.5 Å². The van der Waals surface area contributed by atoms with Crippen molar-refractivity contribution in [2.24, 2.45) is 4.99 Å². The van der Waals surface area contributed by atoms with E-state index in [1.165, 1.54) is 0 Å². The van der Waals surface area contributed by atoms with Crippen molar-refractivity contribution in [3.63, 3.8) is 0 Å². The number of aliphatic imine (C=N–C) groups is 1. The van der Waals surface area contributed by atoms with Crippen molar-refractivity contribution in [3.8, 4) is 17.2 Å². The van der Waals surface area contributed by atoms with Gasteiger partial charge in [0.2, 0.25) is 0 Å². The minimum atomic E-state index is -0.398. The van der Waals surface area contributed by atoms with Crippen LogP contribution in [0.5, 0.6) is 11.5 Å². The van der Waals surface area contributed by atoms with E-state index in [4.69, 9.17) is 24.3 Å². The molecular weight excluding hydrogens is 757 g/mol. The first-order valence-electron chi connectivity index (χ1n) is 20.4. The number of anilines is 3. The van der Waals surface area contributed by atoms with Crippen LogP contribution in [0.2, 0.25) is 0 Å². The lowest BCUT2D eigenvalue weighted by Gasteiger charge is -2.26. The number of hydrogen-bond donors (Lipinski definition) is 4. The highest BCUT2D eigenvalue weighted by Crippen LogP contribution is 2.34. The van der Waals surface area contributed by atoms with Crippen molar-refractivity contribution in [1.82, 2.24) is 20.0 Å². The molecule has 4 N–H and O–H groups in total. The summed E-state index contributed by atoms with van der Waals surface area (Å²) in [7, 11) is 1.58. The third kappa shape index (κ3) is 10.6. The van der Waals surface area contributed by atoms with E-state index in [1.807, 2.05) is 98.9 Å². The number of carbonyl (C=O) groups is 2. The molecule has 0 spiro atoms. The van der Waals surface area contributed by atoms with Gasteiger partial charge in [0.25, 0.3) is 5.91 Å². The molecule has 3 amide bonds. The van der Waals surface area contributed by atoms with E-state index in [9.17, 15) is 9.59 Å². The normalized spacial score (nSPS) is 14.9. The molecule has 7 rings (SSSR count). The van der Waals surface area contributed by atoms with Gasteiger partial charge in [-0.25, -0.2) is 14.5 Å². The maximum absolute atomic E-state index is 13.7. The van der Waals surface area contributed by atoms with E-state index in [1.54, 1.807) is 23.9 Å². The summed E-state index contributed by atoms with van der Waals surface area (Å²) < 4.78 is 19.4. The molecule has 13 heteroatoms. The van der Waals surface area contributed by atoms with Gasteiger partial charge >= 0.3 is 6.03 Å². The standard InChI is InChI=1S/C47H54N8O5/c1-31-11-14-35(15-12-31)55-44(29-42(53-55)47(3,4)5)52-46(57)51-40-17-18-41(39-10-8-7-9-38(39)40)60-36-16-13-32(2)30-49-43(28-36)50-34-25-33(26-37(27-34)58-6)45(56)48-19-20-54-21-23-59-24-22-54/h7-12,14-15,17-18,25-30H,13,16,19-24H2,1-6H3,(H,48,56)(H,49,50)(H2,51,52,57). The fourth-order valence-corrected chi connectivity index (χ4v) is 6.90. The van der Waals surface area contributed by atoms with Crippen LogP contribution in [-0.2, 0) is 10.2 Å². The van der Waals surface area contributed by atoms with Gasteiger partial charge in [0.15, 0.2) is 0 Å². The number of allylic oxidation sites excluding steroid dienone is 2. The first-order chi connectivity index (χ1) is 28.9. The molecule has 4 aromatic carbocycles. The van der Waals surface area contributed by atoms with Gasteiger partial charge in [0.05, 0.1) is 37.4 Å². The summed E-state index contributed by atoms with van der Waals surface area (Å²) in [5.41, 5.74) is 5.44. The number of nitrogens with zero attached hydrogens (tertiary/aromatic N) is 4. The molecular formula is C47H54N8O5. The van der Waals surface area contributed by atoms with Crippen molar-refractivity contribution < 1.29 is 23.8 Å². The number of aromatic nitrogens is 2. The van der Waals surface area contributed by atoms with Crippen molar-refractivity contribution in [1.29, 1.82) is 0 Å². The Kier molecular flexibility index (Phi) is 13.0. The Labute approximate surface area is 351 Å². The summed E-state index contributed by atoms with van der Waals surface area (Å²) in [5.74, 6) is 2.78. The topological polar surface area (TPSA) is 143 Å². The van der Waals surface area contributed by atoms with Gasteiger partial charge in [-0.1, -0.05) is 68.3 Å². The molecule has 2 aliphatic heterocycles. The van der Waals surface area contributed by atoms with Crippen LogP contribution in [0.15, 0.2) is 114 Å². The van der Waals surface area contributed by atoms with Gasteiger partial charge in [0, 0.05) is 84.4 Å². The van der Waals surface area contributed by atoms with E-state index >= 15 is 0 Å². The number of ether oxygens (including phenoxy) is 3. The van der Waals surface area contributed by atoms with Crippen LogP contribution in [0, 0.1) is 6.92 Å². The number of nitrogens with one attached hydrogen (secondary N) is 4. The monoisotopic (exact) mass is 810 g/mol. The van der Waals surface area contributed by atoms with E-state index < -0.39 is 6.03 Å². The van der Waals surface area contributed by atoms with Gasteiger partial charge in [-0.2, -0.15) is 5.10 Å². The number of rotatable bonds is 11. The third-order valence-corrected chi connectivity index (χ3v) is 10.4. The zero-order valence-corrected chi connectivity index (χ0v) is 35.2. The number of carbonyl (C=O) groups excluding carboxylic acids is 2. The first-order valence-corrected chi connectivity index (χ1v) is 20.4. The van der Waals surface area contributed by atoms with Crippen LogP contribution < -0.4 is 30.7 Å². The summed E-state index contributed by atoms with van der Waals surface area (Å²) in [6.45, 7) is 14.8. The van der Waals surface area contributed by atoms with Crippen molar-refractivity contribution >= 4 is 45.7 Å². The molecule has 0 atom stereocenters. The molecule has 0 unspecified atom stereocenters. The molecule has 1 aromatic heterocycles. The number of benzene rings is 4. The molecule has 0 aliphatic carbocycles. The number of urea groups is 1. The van der Waals surface area contributed by atoms with Crippen molar-refractivity contribution in [3.05, 3.63) is 125 Å². The number of amides is 3. The van der Waals surface area contributed by atoms with E-state index in [2.05, 4.69) is 46.9 Å². The third-order valence-electron chi connectivity index (χ3n) is 10.4. The molecule has 2 aliphatic rings. The zero-order valence-electron chi connectivity index (χ0n) is 35.2.